The minimum Gasteiger partial charge on any atom is -0.481 e. The number of anilines is 1. The Kier molecular flexibility index (Phi) is 4.27. The molecule has 0 bridgehead atoms. The van der Waals surface area contributed by atoms with Crippen molar-refractivity contribution in [2.24, 2.45) is 5.92 Å². The van der Waals surface area contributed by atoms with Gasteiger partial charge in [0.1, 0.15) is 5.82 Å². The third-order valence-corrected chi connectivity index (χ3v) is 4.58. The molecule has 2 N–H and O–H groups in total. The van der Waals surface area contributed by atoms with Gasteiger partial charge in [-0.15, -0.1) is 0 Å². The maximum absolute atomic E-state index is 12.0. The van der Waals surface area contributed by atoms with Gasteiger partial charge in [-0.1, -0.05) is 0 Å². The molecular formula is C16H19N3O4. The Hall–Kier alpha value is -2.44. The van der Waals surface area contributed by atoms with Gasteiger partial charge in [0.25, 0.3) is 0 Å². The van der Waals surface area contributed by atoms with E-state index in [9.17, 15) is 14.4 Å². The second kappa shape index (κ2) is 6.36. The molecular weight excluding hydrogens is 298 g/mol. The minimum absolute atomic E-state index is 0.226. The van der Waals surface area contributed by atoms with Gasteiger partial charge in [0.15, 0.2) is 0 Å². The first kappa shape index (κ1) is 15.5. The zero-order valence-corrected chi connectivity index (χ0v) is 12.7. The fraction of sp³-hybridized carbons (Fsp3) is 0.500. The van der Waals surface area contributed by atoms with E-state index in [-0.39, 0.29) is 23.7 Å². The number of nitrogens with zero attached hydrogens (tertiary/aromatic N) is 2. The van der Waals surface area contributed by atoms with Crippen molar-refractivity contribution >= 4 is 23.6 Å². The number of pyridine rings is 1. The number of hydrogen-bond acceptors (Lipinski definition) is 5. The Morgan fingerprint density at radius 2 is 2.00 bits per heavy atom. The zero-order chi connectivity index (χ0) is 16.4. The summed E-state index contributed by atoms with van der Waals surface area (Å²) < 4.78 is 0. The Balaban J connectivity index is 1.72. The molecule has 7 heteroatoms. The topological polar surface area (TPSA) is 99.6 Å². The molecule has 0 radical (unpaired) electrons. The molecule has 2 aliphatic heterocycles. The molecule has 2 aliphatic rings. The van der Waals surface area contributed by atoms with Crippen molar-refractivity contribution in [3.05, 3.63) is 23.9 Å². The van der Waals surface area contributed by atoms with Crippen molar-refractivity contribution in [2.75, 3.05) is 18.0 Å². The molecule has 2 saturated heterocycles. The van der Waals surface area contributed by atoms with Crippen LogP contribution in [0.4, 0.5) is 5.82 Å². The number of nitrogens with one attached hydrogen (secondary N) is 1. The zero-order valence-electron chi connectivity index (χ0n) is 12.7. The van der Waals surface area contributed by atoms with Crippen LogP contribution in [0.2, 0.25) is 0 Å². The SMILES string of the molecule is O=C1CC[C@@H](c2ccnc(N3CCC(C(=O)O)CC3)c2)C(=O)N1. The van der Waals surface area contributed by atoms with E-state index in [0.717, 1.165) is 11.4 Å². The van der Waals surface area contributed by atoms with Crippen molar-refractivity contribution in [1.29, 1.82) is 0 Å². The number of imide groups is 1. The molecule has 23 heavy (non-hydrogen) atoms. The third-order valence-electron chi connectivity index (χ3n) is 4.58. The molecule has 3 heterocycles. The van der Waals surface area contributed by atoms with E-state index < -0.39 is 5.97 Å². The molecule has 0 aliphatic carbocycles. The minimum atomic E-state index is -0.741. The van der Waals surface area contributed by atoms with Crippen LogP contribution in [0.5, 0.6) is 0 Å². The maximum atomic E-state index is 12.0. The Morgan fingerprint density at radius 1 is 1.26 bits per heavy atom. The van der Waals surface area contributed by atoms with Gasteiger partial charge < -0.3 is 10.0 Å². The lowest BCUT2D eigenvalue weighted by Crippen LogP contribution is -2.39. The van der Waals surface area contributed by atoms with Gasteiger partial charge >= 0.3 is 5.97 Å². The predicted octanol–water partition coefficient (Wildman–Crippen LogP) is 0.903. The molecule has 0 saturated carbocycles. The van der Waals surface area contributed by atoms with Gasteiger partial charge in [-0.25, -0.2) is 4.98 Å². The monoisotopic (exact) mass is 317 g/mol. The second-order valence-electron chi connectivity index (χ2n) is 6.05. The fourth-order valence-corrected chi connectivity index (χ4v) is 3.19. The van der Waals surface area contributed by atoms with Crippen molar-refractivity contribution in [3.8, 4) is 0 Å². The summed E-state index contributed by atoms with van der Waals surface area (Å²) in [6.07, 6.45) is 3.71. The second-order valence-corrected chi connectivity index (χ2v) is 6.05. The Morgan fingerprint density at radius 3 is 2.65 bits per heavy atom. The highest BCUT2D eigenvalue weighted by atomic mass is 16.4. The summed E-state index contributed by atoms with van der Waals surface area (Å²) in [6, 6.07) is 3.68. The number of aromatic nitrogens is 1. The molecule has 7 nitrogen and oxygen atoms in total. The van der Waals surface area contributed by atoms with Gasteiger partial charge in [-0.2, -0.15) is 0 Å². The molecule has 2 fully saturated rings. The summed E-state index contributed by atoms with van der Waals surface area (Å²) in [5.74, 6) is -1.08. The summed E-state index contributed by atoms with van der Waals surface area (Å²) in [4.78, 5) is 40.6. The van der Waals surface area contributed by atoms with E-state index in [1.54, 1.807) is 12.3 Å². The van der Waals surface area contributed by atoms with Crippen LogP contribution in [0.3, 0.4) is 0 Å². The fourth-order valence-electron chi connectivity index (χ4n) is 3.19. The first-order valence-corrected chi connectivity index (χ1v) is 7.82. The van der Waals surface area contributed by atoms with E-state index in [4.69, 9.17) is 5.11 Å². The van der Waals surface area contributed by atoms with Crippen LogP contribution >= 0.6 is 0 Å². The van der Waals surface area contributed by atoms with Crippen molar-refractivity contribution in [1.82, 2.24) is 10.3 Å². The summed E-state index contributed by atoms with van der Waals surface area (Å²) in [7, 11) is 0. The van der Waals surface area contributed by atoms with Gasteiger partial charge in [-0.05, 0) is 37.0 Å². The number of carbonyl (C=O) groups is 3. The molecule has 2 amide bonds. The number of amides is 2. The lowest BCUT2D eigenvalue weighted by atomic mass is 9.91. The first-order chi connectivity index (χ1) is 11.0. The average molecular weight is 317 g/mol. The molecule has 1 aromatic heterocycles. The van der Waals surface area contributed by atoms with Crippen molar-refractivity contribution in [2.45, 2.75) is 31.6 Å². The number of carboxylic acid groups (broad SMARTS) is 1. The number of piperidine rings is 2. The van der Waals surface area contributed by atoms with Gasteiger partial charge in [-0.3, -0.25) is 19.7 Å². The van der Waals surface area contributed by atoms with E-state index in [1.165, 1.54) is 0 Å². The largest absolute Gasteiger partial charge is 0.481 e. The van der Waals surface area contributed by atoms with E-state index in [2.05, 4.69) is 15.2 Å². The highest BCUT2D eigenvalue weighted by Gasteiger charge is 2.29. The number of carbonyl (C=O) groups excluding carboxylic acids is 2. The van der Waals surface area contributed by atoms with E-state index >= 15 is 0 Å². The smallest absolute Gasteiger partial charge is 0.306 e. The quantitative estimate of drug-likeness (QED) is 0.804. The average Bonchev–Trinajstić information content (AvgIpc) is 2.55. The molecule has 0 unspecified atom stereocenters. The van der Waals surface area contributed by atoms with Crippen molar-refractivity contribution < 1.29 is 19.5 Å². The van der Waals surface area contributed by atoms with Crippen molar-refractivity contribution in [3.63, 3.8) is 0 Å². The lowest BCUT2D eigenvalue weighted by Gasteiger charge is -2.31. The summed E-state index contributed by atoms with van der Waals surface area (Å²) >= 11 is 0. The molecule has 0 spiro atoms. The molecule has 122 valence electrons. The van der Waals surface area contributed by atoms with E-state index in [1.807, 2.05) is 6.07 Å². The highest BCUT2D eigenvalue weighted by molar-refractivity contribution is 6.00. The van der Waals surface area contributed by atoms with Crippen LogP contribution < -0.4 is 10.2 Å². The van der Waals surface area contributed by atoms with Gasteiger partial charge in [0, 0.05) is 25.7 Å². The van der Waals surface area contributed by atoms with Crippen LogP contribution in [0.25, 0.3) is 0 Å². The highest BCUT2D eigenvalue weighted by Crippen LogP contribution is 2.28. The molecule has 3 rings (SSSR count). The number of rotatable bonds is 3. The molecule has 1 aromatic rings. The maximum Gasteiger partial charge on any atom is 0.306 e. The number of carboxylic acids is 1. The lowest BCUT2D eigenvalue weighted by molar-refractivity contribution is -0.142. The van der Waals surface area contributed by atoms with Crippen LogP contribution in [0, 0.1) is 5.92 Å². The van der Waals surface area contributed by atoms with Gasteiger partial charge in [0.05, 0.1) is 11.8 Å². The summed E-state index contributed by atoms with van der Waals surface area (Å²) in [5, 5.41) is 11.4. The Labute approximate surface area is 133 Å². The van der Waals surface area contributed by atoms with Crippen LogP contribution in [0.1, 0.15) is 37.2 Å². The Bertz CT molecular complexity index is 638. The number of aliphatic carboxylic acids is 1. The third kappa shape index (κ3) is 3.33. The van der Waals surface area contributed by atoms with Crippen LogP contribution in [-0.2, 0) is 14.4 Å². The summed E-state index contributed by atoms with van der Waals surface area (Å²) in [6.45, 7) is 1.28. The number of hydrogen-bond donors (Lipinski definition) is 2. The standard InChI is InChI=1S/C16H19N3O4/c20-14-2-1-12(15(21)18-14)11-3-6-17-13(9-11)19-7-4-10(5-8-19)16(22)23/h3,6,9-10,12H,1-2,4-5,7-8H2,(H,22,23)(H,18,20,21)/t12-/m0/s1. The molecule has 1 atom stereocenters. The van der Waals surface area contributed by atoms with Gasteiger partial charge in [0.2, 0.25) is 11.8 Å². The van der Waals surface area contributed by atoms with Crippen LogP contribution in [0.15, 0.2) is 18.3 Å². The predicted molar refractivity (Wildman–Crippen MR) is 81.9 cm³/mol. The normalized spacial score (nSPS) is 22.8. The van der Waals surface area contributed by atoms with Crippen LogP contribution in [-0.4, -0.2) is 41.0 Å². The van der Waals surface area contributed by atoms with E-state index in [0.29, 0.717) is 38.8 Å². The first-order valence-electron chi connectivity index (χ1n) is 7.82. The summed E-state index contributed by atoms with van der Waals surface area (Å²) in [5.41, 5.74) is 0.848. The molecule has 0 aromatic carbocycles.